The van der Waals surface area contributed by atoms with E-state index in [1.165, 1.54) is 13.4 Å². The topological polar surface area (TPSA) is 88.8 Å². The Morgan fingerprint density at radius 1 is 1.35 bits per heavy atom. The van der Waals surface area contributed by atoms with Crippen molar-refractivity contribution in [3.05, 3.63) is 53.5 Å². The first-order valence-corrected chi connectivity index (χ1v) is 7.08. The number of aryl methyl sites for hydroxylation is 1. The van der Waals surface area contributed by atoms with Gasteiger partial charge in [0.25, 0.3) is 5.91 Å². The van der Waals surface area contributed by atoms with Gasteiger partial charge in [0.1, 0.15) is 5.75 Å². The molecule has 2 N–H and O–H groups in total. The van der Waals surface area contributed by atoms with Gasteiger partial charge in [-0.2, -0.15) is 0 Å². The first kappa shape index (κ1) is 16.6. The second-order valence-electron chi connectivity index (χ2n) is 5.52. The highest BCUT2D eigenvalue weighted by molar-refractivity contribution is 5.93. The van der Waals surface area contributed by atoms with Gasteiger partial charge in [0.15, 0.2) is 5.76 Å². The maximum atomic E-state index is 12.4. The van der Waals surface area contributed by atoms with Gasteiger partial charge in [-0.3, -0.25) is 9.59 Å². The lowest BCUT2D eigenvalue weighted by Gasteiger charge is -2.30. The molecule has 0 spiro atoms. The van der Waals surface area contributed by atoms with Gasteiger partial charge in [-0.25, -0.2) is 0 Å². The summed E-state index contributed by atoms with van der Waals surface area (Å²) in [5.74, 6) is -0.724. The third-order valence-corrected chi connectivity index (χ3v) is 3.67. The lowest BCUT2D eigenvalue weighted by atomic mass is 9.88. The zero-order valence-corrected chi connectivity index (χ0v) is 13.3. The summed E-state index contributed by atoms with van der Waals surface area (Å²) in [6, 6.07) is 8.63. The number of carboxylic acids is 1. The van der Waals surface area contributed by atoms with E-state index in [0.717, 1.165) is 0 Å². The van der Waals surface area contributed by atoms with Gasteiger partial charge in [0, 0.05) is 5.56 Å². The molecule has 0 saturated carbocycles. The largest absolute Gasteiger partial charge is 0.497 e. The van der Waals surface area contributed by atoms with Gasteiger partial charge in [-0.15, -0.1) is 0 Å². The third-order valence-electron chi connectivity index (χ3n) is 3.67. The van der Waals surface area contributed by atoms with Crippen LogP contribution in [0.25, 0.3) is 0 Å². The molecule has 2 rings (SSSR count). The highest BCUT2D eigenvalue weighted by atomic mass is 16.5. The van der Waals surface area contributed by atoms with Crippen molar-refractivity contribution in [1.82, 2.24) is 5.32 Å². The van der Waals surface area contributed by atoms with Crippen LogP contribution in [0.4, 0.5) is 0 Å². The number of ether oxygens (including phenoxy) is 1. The number of carboxylic acid groups (broad SMARTS) is 1. The van der Waals surface area contributed by atoms with E-state index in [1.807, 2.05) is 0 Å². The summed E-state index contributed by atoms with van der Waals surface area (Å²) in [4.78, 5) is 23.7. The standard InChI is InChI=1S/C17H19NO5/c1-11-7-8-23-15(11)16(21)18-17(2,10-14(19)20)12-5-4-6-13(9-12)22-3/h4-9H,10H2,1-3H3,(H,18,21)(H,19,20). The van der Waals surface area contributed by atoms with Gasteiger partial charge in [0.2, 0.25) is 0 Å². The molecule has 0 fully saturated rings. The maximum absolute atomic E-state index is 12.4. The normalized spacial score (nSPS) is 13.2. The Labute approximate surface area is 134 Å². The van der Waals surface area contributed by atoms with Crippen LogP contribution in [0.2, 0.25) is 0 Å². The number of aliphatic carboxylic acids is 1. The molecule has 2 aromatic rings. The van der Waals surface area contributed by atoms with Crippen molar-refractivity contribution in [2.75, 3.05) is 7.11 Å². The zero-order valence-electron chi connectivity index (χ0n) is 13.3. The van der Waals surface area contributed by atoms with Gasteiger partial charge in [-0.1, -0.05) is 12.1 Å². The molecule has 6 nitrogen and oxygen atoms in total. The van der Waals surface area contributed by atoms with Crippen LogP contribution in [-0.2, 0) is 10.3 Å². The lowest BCUT2D eigenvalue weighted by molar-refractivity contribution is -0.138. The number of furan rings is 1. The number of amides is 1. The third kappa shape index (κ3) is 3.71. The Hall–Kier alpha value is -2.76. The molecule has 0 saturated heterocycles. The van der Waals surface area contributed by atoms with Gasteiger partial charge in [-0.05, 0) is 37.6 Å². The molecule has 0 aliphatic heterocycles. The number of carbonyl (C=O) groups excluding carboxylic acids is 1. The minimum atomic E-state index is -1.10. The average molecular weight is 317 g/mol. The monoisotopic (exact) mass is 317 g/mol. The number of rotatable bonds is 6. The van der Waals surface area contributed by atoms with Crippen molar-refractivity contribution in [3.8, 4) is 5.75 Å². The predicted molar refractivity (Wildman–Crippen MR) is 83.5 cm³/mol. The molecule has 0 radical (unpaired) electrons. The van der Waals surface area contributed by atoms with E-state index in [4.69, 9.17) is 9.15 Å². The van der Waals surface area contributed by atoms with Gasteiger partial charge >= 0.3 is 5.97 Å². The van der Waals surface area contributed by atoms with Crippen LogP contribution in [0.1, 0.15) is 35.0 Å². The minimum absolute atomic E-state index is 0.171. The van der Waals surface area contributed by atoms with Gasteiger partial charge in [0.05, 0.1) is 25.3 Å². The van der Waals surface area contributed by atoms with Crippen molar-refractivity contribution in [2.24, 2.45) is 0 Å². The molecule has 1 aromatic carbocycles. The van der Waals surface area contributed by atoms with Crippen molar-refractivity contribution < 1.29 is 23.8 Å². The Kier molecular flexibility index (Phi) is 4.74. The van der Waals surface area contributed by atoms with Crippen molar-refractivity contribution in [1.29, 1.82) is 0 Å². The molecular formula is C17H19NO5. The number of carbonyl (C=O) groups is 2. The van der Waals surface area contributed by atoms with Crippen molar-refractivity contribution in [3.63, 3.8) is 0 Å². The summed E-state index contributed by atoms with van der Waals surface area (Å²) in [5.41, 5.74) is 0.221. The molecule has 6 heteroatoms. The molecule has 1 atom stereocenters. The molecule has 0 bridgehead atoms. The fraction of sp³-hybridized carbons (Fsp3) is 0.294. The number of benzene rings is 1. The first-order chi connectivity index (χ1) is 10.9. The van der Waals surface area contributed by atoms with Gasteiger partial charge < -0.3 is 19.6 Å². The quantitative estimate of drug-likeness (QED) is 0.855. The molecular weight excluding hydrogens is 298 g/mol. The Morgan fingerprint density at radius 2 is 2.09 bits per heavy atom. The van der Waals surface area contributed by atoms with E-state index < -0.39 is 17.4 Å². The van der Waals surface area contributed by atoms with E-state index in [-0.39, 0.29) is 12.2 Å². The second kappa shape index (κ2) is 6.56. The number of nitrogens with one attached hydrogen (secondary N) is 1. The summed E-state index contributed by atoms with van der Waals surface area (Å²) in [7, 11) is 1.53. The lowest BCUT2D eigenvalue weighted by Crippen LogP contribution is -2.45. The SMILES string of the molecule is COc1cccc(C(C)(CC(=O)O)NC(=O)c2occc2C)c1. The summed E-state index contributed by atoms with van der Waals surface area (Å²) >= 11 is 0. The van der Waals surface area contributed by atoms with Crippen LogP contribution >= 0.6 is 0 Å². The smallest absolute Gasteiger partial charge is 0.306 e. The first-order valence-electron chi connectivity index (χ1n) is 7.08. The number of methoxy groups -OCH3 is 1. The van der Waals surface area contributed by atoms with Crippen LogP contribution in [0, 0.1) is 6.92 Å². The zero-order chi connectivity index (χ0) is 17.0. The highest BCUT2D eigenvalue weighted by Crippen LogP contribution is 2.28. The van der Waals surface area contributed by atoms with Crippen LogP contribution in [0.15, 0.2) is 41.0 Å². The Morgan fingerprint density at radius 3 is 2.65 bits per heavy atom. The van der Waals surface area contributed by atoms with E-state index >= 15 is 0 Å². The molecule has 1 aromatic heterocycles. The molecule has 0 aliphatic carbocycles. The molecule has 122 valence electrons. The second-order valence-corrected chi connectivity index (χ2v) is 5.52. The predicted octanol–water partition coefficient (Wildman–Crippen LogP) is 2.72. The summed E-state index contributed by atoms with van der Waals surface area (Å²) in [6.07, 6.45) is 1.15. The van der Waals surface area contributed by atoms with E-state index in [1.54, 1.807) is 44.2 Å². The summed E-state index contributed by atoms with van der Waals surface area (Å²) in [6.45, 7) is 3.41. The summed E-state index contributed by atoms with van der Waals surface area (Å²) < 4.78 is 10.3. The molecule has 23 heavy (non-hydrogen) atoms. The minimum Gasteiger partial charge on any atom is -0.497 e. The molecule has 1 unspecified atom stereocenters. The van der Waals surface area contributed by atoms with E-state index in [0.29, 0.717) is 16.9 Å². The fourth-order valence-corrected chi connectivity index (χ4v) is 2.40. The number of hydrogen-bond donors (Lipinski definition) is 2. The van der Waals surface area contributed by atoms with Crippen molar-refractivity contribution >= 4 is 11.9 Å². The average Bonchev–Trinajstić information content (AvgIpc) is 2.92. The molecule has 0 aliphatic rings. The molecule has 1 heterocycles. The van der Waals surface area contributed by atoms with Crippen LogP contribution in [-0.4, -0.2) is 24.1 Å². The number of hydrogen-bond acceptors (Lipinski definition) is 4. The van der Waals surface area contributed by atoms with Crippen LogP contribution in [0.3, 0.4) is 0 Å². The van der Waals surface area contributed by atoms with Crippen LogP contribution in [0.5, 0.6) is 5.75 Å². The van der Waals surface area contributed by atoms with Crippen LogP contribution < -0.4 is 10.1 Å². The maximum Gasteiger partial charge on any atom is 0.306 e. The Bertz CT molecular complexity index is 721. The summed E-state index contributed by atoms with van der Waals surface area (Å²) in [5, 5.41) is 12.0. The molecule has 1 amide bonds. The van der Waals surface area contributed by atoms with E-state index in [9.17, 15) is 14.7 Å². The van der Waals surface area contributed by atoms with E-state index in [2.05, 4.69) is 5.32 Å². The van der Waals surface area contributed by atoms with Crippen molar-refractivity contribution in [2.45, 2.75) is 25.8 Å². The fourth-order valence-electron chi connectivity index (χ4n) is 2.40. The highest BCUT2D eigenvalue weighted by Gasteiger charge is 2.33. The Balaban J connectivity index is 2.37.